The van der Waals surface area contributed by atoms with Crippen LogP contribution in [-0.4, -0.2) is 11.1 Å². The molecule has 0 unspecified atom stereocenters. The maximum absolute atomic E-state index is 5.63. The number of pyridine rings is 1. The SMILES string of the molecule is CC(C)Oc1cncc(-c2ccc(CN)s2)c1. The summed E-state index contributed by atoms with van der Waals surface area (Å²) in [6, 6.07) is 6.14. The van der Waals surface area contributed by atoms with Crippen LogP contribution in [0, 0.1) is 0 Å². The van der Waals surface area contributed by atoms with Gasteiger partial charge in [0.2, 0.25) is 0 Å². The van der Waals surface area contributed by atoms with Gasteiger partial charge in [-0.15, -0.1) is 11.3 Å². The lowest BCUT2D eigenvalue weighted by Gasteiger charge is -2.09. The summed E-state index contributed by atoms with van der Waals surface area (Å²) in [6.45, 7) is 4.59. The van der Waals surface area contributed by atoms with E-state index in [1.807, 2.05) is 26.1 Å². The zero-order valence-electron chi connectivity index (χ0n) is 10.0. The predicted octanol–water partition coefficient (Wildman–Crippen LogP) is 3.06. The number of ether oxygens (including phenoxy) is 1. The van der Waals surface area contributed by atoms with Crippen molar-refractivity contribution in [3.63, 3.8) is 0 Å². The Kier molecular flexibility index (Phi) is 3.76. The van der Waals surface area contributed by atoms with Gasteiger partial charge in [0.25, 0.3) is 0 Å². The maximum atomic E-state index is 5.63. The molecule has 4 heteroatoms. The van der Waals surface area contributed by atoms with E-state index in [1.54, 1.807) is 17.5 Å². The number of nitrogens with two attached hydrogens (primary N) is 1. The first kappa shape index (κ1) is 12.1. The summed E-state index contributed by atoms with van der Waals surface area (Å²) in [5.41, 5.74) is 6.68. The minimum absolute atomic E-state index is 0.162. The van der Waals surface area contributed by atoms with E-state index in [1.165, 1.54) is 9.75 Å². The van der Waals surface area contributed by atoms with E-state index in [4.69, 9.17) is 10.5 Å². The molecule has 0 saturated heterocycles. The monoisotopic (exact) mass is 248 g/mol. The summed E-state index contributed by atoms with van der Waals surface area (Å²) in [5.74, 6) is 0.806. The van der Waals surface area contributed by atoms with Crippen molar-refractivity contribution < 1.29 is 4.74 Å². The van der Waals surface area contributed by atoms with Crippen LogP contribution in [0.5, 0.6) is 5.75 Å². The van der Waals surface area contributed by atoms with Crippen molar-refractivity contribution in [2.75, 3.05) is 0 Å². The molecule has 0 aliphatic rings. The van der Waals surface area contributed by atoms with Crippen LogP contribution in [0.25, 0.3) is 10.4 Å². The molecular formula is C13H16N2OS. The molecule has 0 aliphatic carbocycles. The number of hydrogen-bond acceptors (Lipinski definition) is 4. The first-order valence-electron chi connectivity index (χ1n) is 5.60. The van der Waals surface area contributed by atoms with E-state index in [0.29, 0.717) is 6.54 Å². The Labute approximate surface area is 105 Å². The number of nitrogens with zero attached hydrogens (tertiary/aromatic N) is 1. The van der Waals surface area contributed by atoms with Crippen LogP contribution in [-0.2, 0) is 6.54 Å². The molecule has 90 valence electrons. The first-order valence-corrected chi connectivity index (χ1v) is 6.41. The molecule has 0 fully saturated rings. The Morgan fingerprint density at radius 1 is 1.35 bits per heavy atom. The van der Waals surface area contributed by atoms with E-state index in [2.05, 4.69) is 17.1 Å². The summed E-state index contributed by atoms with van der Waals surface area (Å²) < 4.78 is 5.63. The number of hydrogen-bond donors (Lipinski definition) is 1. The summed E-state index contributed by atoms with van der Waals surface area (Å²) in [5, 5.41) is 0. The van der Waals surface area contributed by atoms with Crippen molar-refractivity contribution in [1.82, 2.24) is 4.98 Å². The van der Waals surface area contributed by atoms with Crippen molar-refractivity contribution in [2.24, 2.45) is 5.73 Å². The lowest BCUT2D eigenvalue weighted by molar-refractivity contribution is 0.241. The highest BCUT2D eigenvalue weighted by atomic mass is 32.1. The van der Waals surface area contributed by atoms with E-state index < -0.39 is 0 Å². The molecule has 2 heterocycles. The smallest absolute Gasteiger partial charge is 0.138 e. The maximum Gasteiger partial charge on any atom is 0.138 e. The third-order valence-corrected chi connectivity index (χ3v) is 3.39. The predicted molar refractivity (Wildman–Crippen MR) is 71.2 cm³/mol. The lowest BCUT2D eigenvalue weighted by Crippen LogP contribution is -2.05. The topological polar surface area (TPSA) is 48.1 Å². The highest BCUT2D eigenvalue weighted by Crippen LogP contribution is 2.29. The molecule has 0 amide bonds. The average molecular weight is 248 g/mol. The molecule has 0 saturated carbocycles. The summed E-state index contributed by atoms with van der Waals surface area (Å²) >= 11 is 1.69. The summed E-state index contributed by atoms with van der Waals surface area (Å²) in [6.07, 6.45) is 3.75. The van der Waals surface area contributed by atoms with Crippen molar-refractivity contribution >= 4 is 11.3 Å². The Morgan fingerprint density at radius 2 is 2.18 bits per heavy atom. The van der Waals surface area contributed by atoms with Crippen molar-refractivity contribution in [1.29, 1.82) is 0 Å². The van der Waals surface area contributed by atoms with Gasteiger partial charge in [0.05, 0.1) is 12.3 Å². The second-order valence-corrected chi connectivity index (χ2v) is 5.21. The van der Waals surface area contributed by atoms with Crippen LogP contribution in [0.1, 0.15) is 18.7 Å². The molecule has 2 N–H and O–H groups in total. The van der Waals surface area contributed by atoms with Gasteiger partial charge in [0.1, 0.15) is 5.75 Å². The second-order valence-electron chi connectivity index (χ2n) is 4.05. The fourth-order valence-corrected chi connectivity index (χ4v) is 2.40. The third kappa shape index (κ3) is 3.05. The van der Waals surface area contributed by atoms with Gasteiger partial charge in [-0.25, -0.2) is 0 Å². The average Bonchev–Trinajstić information content (AvgIpc) is 2.77. The number of rotatable bonds is 4. The van der Waals surface area contributed by atoms with Crippen molar-refractivity contribution in [3.05, 3.63) is 35.5 Å². The van der Waals surface area contributed by atoms with Gasteiger partial charge in [-0.05, 0) is 32.0 Å². The van der Waals surface area contributed by atoms with E-state index in [-0.39, 0.29) is 6.10 Å². The summed E-state index contributed by atoms with van der Waals surface area (Å²) in [4.78, 5) is 6.55. The Bertz CT molecular complexity index is 494. The van der Waals surface area contributed by atoms with Gasteiger partial charge in [-0.1, -0.05) is 0 Å². The number of thiophene rings is 1. The normalized spacial score (nSPS) is 10.8. The van der Waals surface area contributed by atoms with Crippen LogP contribution in [0.2, 0.25) is 0 Å². The van der Waals surface area contributed by atoms with E-state index in [0.717, 1.165) is 11.3 Å². The fraction of sp³-hybridized carbons (Fsp3) is 0.308. The van der Waals surface area contributed by atoms with Crippen LogP contribution >= 0.6 is 11.3 Å². The molecule has 2 aromatic heterocycles. The standard InChI is InChI=1S/C13H16N2OS/c1-9(2)16-11-5-10(7-15-8-11)13-4-3-12(6-14)17-13/h3-5,7-9H,6,14H2,1-2H3. The van der Waals surface area contributed by atoms with Crippen LogP contribution in [0.3, 0.4) is 0 Å². The van der Waals surface area contributed by atoms with Gasteiger partial charge < -0.3 is 10.5 Å². The van der Waals surface area contributed by atoms with Crippen molar-refractivity contribution in [3.8, 4) is 16.2 Å². The Hall–Kier alpha value is -1.39. The first-order chi connectivity index (χ1) is 8.19. The Morgan fingerprint density at radius 3 is 2.82 bits per heavy atom. The molecule has 17 heavy (non-hydrogen) atoms. The molecule has 0 atom stereocenters. The quantitative estimate of drug-likeness (QED) is 0.904. The molecule has 3 nitrogen and oxygen atoms in total. The van der Waals surface area contributed by atoms with Crippen LogP contribution in [0.4, 0.5) is 0 Å². The largest absolute Gasteiger partial charge is 0.489 e. The highest BCUT2D eigenvalue weighted by molar-refractivity contribution is 7.15. The van der Waals surface area contributed by atoms with E-state index in [9.17, 15) is 0 Å². The number of aromatic nitrogens is 1. The zero-order chi connectivity index (χ0) is 12.3. The van der Waals surface area contributed by atoms with E-state index >= 15 is 0 Å². The molecule has 0 aliphatic heterocycles. The molecule has 2 aromatic rings. The molecule has 0 bridgehead atoms. The molecular weight excluding hydrogens is 232 g/mol. The Balaban J connectivity index is 2.26. The minimum atomic E-state index is 0.162. The second kappa shape index (κ2) is 5.29. The molecule has 0 aromatic carbocycles. The summed E-state index contributed by atoms with van der Waals surface area (Å²) in [7, 11) is 0. The highest BCUT2D eigenvalue weighted by Gasteiger charge is 2.05. The van der Waals surface area contributed by atoms with Gasteiger partial charge in [-0.2, -0.15) is 0 Å². The lowest BCUT2D eigenvalue weighted by atomic mass is 10.2. The van der Waals surface area contributed by atoms with Gasteiger partial charge in [-0.3, -0.25) is 4.98 Å². The van der Waals surface area contributed by atoms with Crippen LogP contribution < -0.4 is 10.5 Å². The molecule has 0 radical (unpaired) electrons. The van der Waals surface area contributed by atoms with Gasteiger partial charge >= 0.3 is 0 Å². The zero-order valence-corrected chi connectivity index (χ0v) is 10.8. The molecule has 0 spiro atoms. The van der Waals surface area contributed by atoms with Crippen LogP contribution in [0.15, 0.2) is 30.6 Å². The third-order valence-electron chi connectivity index (χ3n) is 2.23. The van der Waals surface area contributed by atoms with Crippen molar-refractivity contribution in [2.45, 2.75) is 26.5 Å². The fourth-order valence-electron chi connectivity index (χ4n) is 1.53. The van der Waals surface area contributed by atoms with Gasteiger partial charge in [0, 0.05) is 28.1 Å². The minimum Gasteiger partial charge on any atom is -0.489 e. The van der Waals surface area contributed by atoms with Gasteiger partial charge in [0.15, 0.2) is 0 Å². The molecule has 2 rings (SSSR count).